The number of likely N-dealkylation sites (N-methyl/N-ethyl adjacent to an activating group) is 1. The van der Waals surface area contributed by atoms with Gasteiger partial charge < -0.3 is 20.9 Å². The third kappa shape index (κ3) is 8.26. The lowest BCUT2D eigenvalue weighted by Gasteiger charge is -2.33. The average Bonchev–Trinajstić information content (AvgIpc) is 2.95. The van der Waals surface area contributed by atoms with Crippen molar-refractivity contribution in [2.24, 2.45) is 0 Å². The van der Waals surface area contributed by atoms with Gasteiger partial charge in [0.05, 0.1) is 5.56 Å². The summed E-state index contributed by atoms with van der Waals surface area (Å²) in [6.45, 7) is 6.09. The van der Waals surface area contributed by atoms with E-state index in [1.165, 1.54) is 49.5 Å². The normalized spacial score (nSPS) is 14.2. The number of aryl methyl sites for hydroxylation is 1. The summed E-state index contributed by atoms with van der Waals surface area (Å²) in [6, 6.07) is 9.24. The second kappa shape index (κ2) is 13.2. The molecule has 0 atom stereocenters. The number of piperazine rings is 1. The third-order valence-corrected chi connectivity index (χ3v) is 7.01. The predicted octanol–water partition coefficient (Wildman–Crippen LogP) is 4.43. The Morgan fingerprint density at radius 3 is 2.35 bits per heavy atom. The first kappa shape index (κ1) is 31.4. The maximum absolute atomic E-state index is 14.0. The summed E-state index contributed by atoms with van der Waals surface area (Å²) in [5, 5.41) is 7.87. The fourth-order valence-corrected chi connectivity index (χ4v) is 4.49. The van der Waals surface area contributed by atoms with Gasteiger partial charge in [-0.25, -0.2) is 14.8 Å². The lowest BCUT2D eigenvalue weighted by atomic mass is 10.0. The van der Waals surface area contributed by atoms with E-state index in [2.05, 4.69) is 30.8 Å². The molecule has 0 aliphatic carbocycles. The number of carbonyl (C=O) groups is 3. The minimum absolute atomic E-state index is 0.117. The molecule has 0 bridgehead atoms. The van der Waals surface area contributed by atoms with Crippen LogP contribution >= 0.6 is 0 Å². The number of benzene rings is 2. The average molecular weight is 599 g/mol. The Kier molecular flexibility index (Phi) is 9.61. The van der Waals surface area contributed by atoms with Crippen LogP contribution in [0.25, 0.3) is 0 Å². The number of hydrogen-bond acceptors (Lipinski definition) is 7. The Labute approximate surface area is 247 Å². The fraction of sp³-hybridized carbons (Fsp3) is 0.345. The van der Waals surface area contributed by atoms with E-state index in [-0.39, 0.29) is 40.9 Å². The van der Waals surface area contributed by atoms with Crippen molar-refractivity contribution >= 4 is 40.9 Å². The predicted molar refractivity (Wildman–Crippen MR) is 157 cm³/mol. The molecule has 2 heterocycles. The molecule has 0 spiro atoms. The quantitative estimate of drug-likeness (QED) is 0.368. The number of urea groups is 1. The zero-order valence-corrected chi connectivity index (χ0v) is 24.2. The molecular weight excluding hydrogens is 565 g/mol. The number of alkyl halides is 3. The zero-order valence-electron chi connectivity index (χ0n) is 24.2. The van der Waals surface area contributed by atoms with Crippen LogP contribution in [0.2, 0.25) is 0 Å². The van der Waals surface area contributed by atoms with Crippen LogP contribution in [0.4, 0.5) is 41.0 Å². The molecule has 0 radical (unpaired) electrons. The van der Waals surface area contributed by atoms with E-state index in [0.29, 0.717) is 24.3 Å². The van der Waals surface area contributed by atoms with Crippen molar-refractivity contribution in [3.63, 3.8) is 0 Å². The smallest absolute Gasteiger partial charge is 0.322 e. The van der Waals surface area contributed by atoms with E-state index in [9.17, 15) is 27.6 Å². The van der Waals surface area contributed by atoms with Crippen LogP contribution in [0.15, 0.2) is 48.8 Å². The lowest BCUT2D eigenvalue weighted by molar-refractivity contribution is -0.138. The molecule has 3 aromatic rings. The van der Waals surface area contributed by atoms with Gasteiger partial charge in [0.15, 0.2) is 0 Å². The van der Waals surface area contributed by atoms with Crippen molar-refractivity contribution in [3.05, 3.63) is 71.0 Å². The SMILES string of the molecule is CC(=O)Nc1cc(N(C)C(=O)Nc2cc(NC(=O)c3ccc(CN4CCN(C)CC4)c(C(F)(F)F)c3)ccc2C)ncn1. The van der Waals surface area contributed by atoms with E-state index in [1.807, 2.05) is 11.9 Å². The van der Waals surface area contributed by atoms with Crippen molar-refractivity contribution in [1.29, 1.82) is 0 Å². The van der Waals surface area contributed by atoms with Gasteiger partial charge in [-0.2, -0.15) is 13.2 Å². The first-order chi connectivity index (χ1) is 20.3. The number of anilines is 4. The Balaban J connectivity index is 1.47. The maximum Gasteiger partial charge on any atom is 0.416 e. The highest BCUT2D eigenvalue weighted by Gasteiger charge is 2.34. The van der Waals surface area contributed by atoms with Crippen molar-refractivity contribution in [3.8, 4) is 0 Å². The Bertz CT molecular complexity index is 1510. The van der Waals surface area contributed by atoms with Crippen LogP contribution in [0.1, 0.15) is 34.0 Å². The van der Waals surface area contributed by atoms with Gasteiger partial charge in [0.1, 0.15) is 18.0 Å². The number of aromatic nitrogens is 2. The zero-order chi connectivity index (χ0) is 31.3. The number of nitrogens with zero attached hydrogens (tertiary/aromatic N) is 5. The molecule has 0 unspecified atom stereocenters. The van der Waals surface area contributed by atoms with Gasteiger partial charge in [-0.1, -0.05) is 12.1 Å². The summed E-state index contributed by atoms with van der Waals surface area (Å²) in [4.78, 5) is 50.6. The second-order valence-electron chi connectivity index (χ2n) is 10.4. The molecule has 0 saturated carbocycles. The van der Waals surface area contributed by atoms with Gasteiger partial charge in [-0.05, 0) is 49.4 Å². The number of nitrogens with one attached hydrogen (secondary N) is 3. The highest BCUT2D eigenvalue weighted by atomic mass is 19.4. The van der Waals surface area contributed by atoms with Crippen molar-refractivity contribution in [2.75, 3.05) is 61.1 Å². The molecule has 1 aliphatic rings. The van der Waals surface area contributed by atoms with E-state index >= 15 is 0 Å². The molecular formula is C29H33F3N8O3. The molecule has 14 heteroatoms. The topological polar surface area (TPSA) is 123 Å². The summed E-state index contributed by atoms with van der Waals surface area (Å²) < 4.78 is 42.0. The van der Waals surface area contributed by atoms with Crippen molar-refractivity contribution < 1.29 is 27.6 Å². The molecule has 228 valence electrons. The number of amides is 4. The van der Waals surface area contributed by atoms with Crippen LogP contribution in [0.5, 0.6) is 0 Å². The van der Waals surface area contributed by atoms with Gasteiger partial charge in [0.2, 0.25) is 5.91 Å². The molecule has 1 aliphatic heterocycles. The fourth-order valence-electron chi connectivity index (χ4n) is 4.49. The van der Waals surface area contributed by atoms with Crippen LogP contribution < -0.4 is 20.9 Å². The van der Waals surface area contributed by atoms with Gasteiger partial charge in [-0.3, -0.25) is 19.4 Å². The van der Waals surface area contributed by atoms with Gasteiger partial charge >= 0.3 is 12.2 Å². The van der Waals surface area contributed by atoms with Crippen LogP contribution in [0, 0.1) is 6.92 Å². The molecule has 2 aromatic carbocycles. The van der Waals surface area contributed by atoms with Crippen LogP contribution in [-0.2, 0) is 17.5 Å². The van der Waals surface area contributed by atoms with Crippen molar-refractivity contribution in [1.82, 2.24) is 19.8 Å². The summed E-state index contributed by atoms with van der Waals surface area (Å²) in [6.07, 6.45) is -3.42. The Morgan fingerprint density at radius 1 is 0.953 bits per heavy atom. The van der Waals surface area contributed by atoms with Crippen LogP contribution in [-0.4, -0.2) is 77.9 Å². The minimum Gasteiger partial charge on any atom is -0.322 e. The molecule has 1 saturated heterocycles. The number of rotatable bonds is 7. The molecule has 4 amide bonds. The standard InChI is InChI=1S/C29H33F3N8O3/c1-18-5-8-22(14-24(18)37-28(43)39(4)26-15-25(33-17-34-26)35-19(2)41)36-27(42)20-6-7-21(23(13-20)29(30,31)32)16-40-11-9-38(3)10-12-40/h5-8,13-15,17H,9-12,16H2,1-4H3,(H,36,42)(H,37,43)(H,33,34,35,41). The Morgan fingerprint density at radius 2 is 1.67 bits per heavy atom. The summed E-state index contributed by atoms with van der Waals surface area (Å²) in [7, 11) is 3.45. The Hall–Kier alpha value is -4.56. The molecule has 1 fully saturated rings. The van der Waals surface area contributed by atoms with E-state index in [0.717, 1.165) is 19.2 Å². The molecule has 3 N–H and O–H groups in total. The molecule has 1 aromatic heterocycles. The largest absolute Gasteiger partial charge is 0.416 e. The number of halogens is 3. The highest BCUT2D eigenvalue weighted by molar-refractivity contribution is 6.06. The third-order valence-electron chi connectivity index (χ3n) is 7.01. The van der Waals surface area contributed by atoms with Gasteiger partial charge in [0, 0.05) is 69.7 Å². The first-order valence-electron chi connectivity index (χ1n) is 13.5. The monoisotopic (exact) mass is 598 g/mol. The minimum atomic E-state index is -4.63. The first-order valence-corrected chi connectivity index (χ1v) is 13.5. The van der Waals surface area contributed by atoms with E-state index < -0.39 is 23.7 Å². The summed E-state index contributed by atoms with van der Waals surface area (Å²) >= 11 is 0. The number of carbonyl (C=O) groups excluding carboxylic acids is 3. The molecule has 11 nitrogen and oxygen atoms in total. The summed E-state index contributed by atoms with van der Waals surface area (Å²) in [5.41, 5.74) is 0.451. The molecule has 43 heavy (non-hydrogen) atoms. The maximum atomic E-state index is 14.0. The van der Waals surface area contributed by atoms with Gasteiger partial charge in [0.25, 0.3) is 5.91 Å². The number of hydrogen-bond donors (Lipinski definition) is 3. The highest BCUT2D eigenvalue weighted by Crippen LogP contribution is 2.34. The van der Waals surface area contributed by atoms with E-state index in [1.54, 1.807) is 19.1 Å². The van der Waals surface area contributed by atoms with Crippen molar-refractivity contribution in [2.45, 2.75) is 26.6 Å². The summed E-state index contributed by atoms with van der Waals surface area (Å²) in [5.74, 6) is -0.613. The lowest BCUT2D eigenvalue weighted by Crippen LogP contribution is -2.44. The molecule has 4 rings (SSSR count). The van der Waals surface area contributed by atoms with E-state index in [4.69, 9.17) is 0 Å². The second-order valence-corrected chi connectivity index (χ2v) is 10.4. The van der Waals surface area contributed by atoms with Gasteiger partial charge in [-0.15, -0.1) is 0 Å². The van der Waals surface area contributed by atoms with Crippen LogP contribution in [0.3, 0.4) is 0 Å².